The second kappa shape index (κ2) is 7.25. The summed E-state index contributed by atoms with van der Waals surface area (Å²) in [5.74, 6) is 0.0628. The van der Waals surface area contributed by atoms with Gasteiger partial charge < -0.3 is 15.3 Å². The lowest BCUT2D eigenvalue weighted by Crippen LogP contribution is -2.53. The molecule has 2 heterocycles. The summed E-state index contributed by atoms with van der Waals surface area (Å²) in [6, 6.07) is 0. The summed E-state index contributed by atoms with van der Waals surface area (Å²) in [4.78, 5) is 25.5. The lowest BCUT2D eigenvalue weighted by molar-refractivity contribution is -0.145. The van der Waals surface area contributed by atoms with E-state index in [4.69, 9.17) is 5.11 Å². The molecule has 1 amide bonds. The van der Waals surface area contributed by atoms with Crippen molar-refractivity contribution in [2.75, 3.05) is 26.2 Å². The molecule has 2 aliphatic rings. The van der Waals surface area contributed by atoms with Crippen LogP contribution in [0.25, 0.3) is 0 Å². The number of hydrogen-bond donors (Lipinski definition) is 2. The van der Waals surface area contributed by atoms with Gasteiger partial charge in [0.1, 0.15) is 0 Å². The summed E-state index contributed by atoms with van der Waals surface area (Å²) < 4.78 is 0. The Morgan fingerprint density at radius 3 is 2.57 bits per heavy atom. The average molecular weight is 296 g/mol. The Morgan fingerprint density at radius 2 is 2.05 bits per heavy atom. The van der Waals surface area contributed by atoms with E-state index >= 15 is 0 Å². The molecule has 0 aromatic rings. The molecule has 0 saturated carbocycles. The van der Waals surface area contributed by atoms with Gasteiger partial charge in [0.05, 0.1) is 5.41 Å². The van der Waals surface area contributed by atoms with Gasteiger partial charge in [0.2, 0.25) is 5.91 Å². The van der Waals surface area contributed by atoms with Crippen LogP contribution in [0.5, 0.6) is 0 Å². The van der Waals surface area contributed by atoms with E-state index in [1.54, 1.807) is 0 Å². The fourth-order valence-corrected chi connectivity index (χ4v) is 3.69. The molecule has 5 nitrogen and oxygen atoms in total. The van der Waals surface area contributed by atoms with Crippen LogP contribution in [0.4, 0.5) is 0 Å². The number of aliphatic carboxylic acids is 1. The minimum absolute atomic E-state index is 0.202. The van der Waals surface area contributed by atoms with Gasteiger partial charge in [0.25, 0.3) is 0 Å². The van der Waals surface area contributed by atoms with Gasteiger partial charge in [0, 0.05) is 26.1 Å². The number of rotatable bonds is 5. The average Bonchev–Trinajstić information content (AvgIpc) is 2.53. The van der Waals surface area contributed by atoms with Crippen LogP contribution in [0, 0.1) is 11.3 Å². The molecule has 21 heavy (non-hydrogen) atoms. The first-order valence-corrected chi connectivity index (χ1v) is 8.29. The van der Waals surface area contributed by atoms with Crippen LogP contribution < -0.4 is 5.32 Å². The summed E-state index contributed by atoms with van der Waals surface area (Å²) in [6.07, 6.45) is 5.87. The van der Waals surface area contributed by atoms with E-state index in [0.29, 0.717) is 11.8 Å². The first-order chi connectivity index (χ1) is 10.1. The lowest BCUT2D eigenvalue weighted by atomic mass is 9.76. The van der Waals surface area contributed by atoms with E-state index in [2.05, 4.69) is 12.2 Å². The molecule has 0 bridgehead atoms. The van der Waals surface area contributed by atoms with E-state index in [-0.39, 0.29) is 11.8 Å². The number of nitrogens with one attached hydrogen (secondary N) is 1. The number of piperidine rings is 2. The van der Waals surface area contributed by atoms with Crippen molar-refractivity contribution in [2.45, 2.75) is 51.9 Å². The fourth-order valence-electron chi connectivity index (χ4n) is 3.69. The van der Waals surface area contributed by atoms with Gasteiger partial charge in [0.15, 0.2) is 0 Å². The van der Waals surface area contributed by atoms with Crippen LogP contribution in [0.1, 0.15) is 51.9 Å². The molecule has 0 spiro atoms. The molecular weight excluding hydrogens is 268 g/mol. The second-order valence-corrected chi connectivity index (χ2v) is 6.58. The molecule has 2 N–H and O–H groups in total. The first kappa shape index (κ1) is 16.3. The van der Waals surface area contributed by atoms with Gasteiger partial charge in [-0.25, -0.2) is 0 Å². The molecule has 0 aromatic heterocycles. The predicted octanol–water partition coefficient (Wildman–Crippen LogP) is 1.87. The zero-order chi connectivity index (χ0) is 15.3. The standard InChI is InChI=1S/C16H28N2O3/c1-2-16(8-3-9-17-12-16)15(21)18-10-6-13(7-11-18)4-5-14(19)20/h13,17H,2-12H2,1H3,(H,19,20). The van der Waals surface area contributed by atoms with Crippen LogP contribution in [0.15, 0.2) is 0 Å². The number of hydrogen-bond acceptors (Lipinski definition) is 3. The quantitative estimate of drug-likeness (QED) is 0.812. The minimum atomic E-state index is -0.716. The maximum absolute atomic E-state index is 12.9. The van der Waals surface area contributed by atoms with Crippen molar-refractivity contribution in [3.63, 3.8) is 0 Å². The Kier molecular flexibility index (Phi) is 5.62. The molecule has 2 rings (SSSR count). The van der Waals surface area contributed by atoms with Crippen molar-refractivity contribution < 1.29 is 14.7 Å². The van der Waals surface area contributed by atoms with E-state index in [1.807, 2.05) is 4.90 Å². The molecule has 1 unspecified atom stereocenters. The van der Waals surface area contributed by atoms with Gasteiger partial charge in [-0.15, -0.1) is 0 Å². The molecule has 5 heteroatoms. The van der Waals surface area contributed by atoms with Crippen molar-refractivity contribution in [1.82, 2.24) is 10.2 Å². The number of likely N-dealkylation sites (tertiary alicyclic amines) is 1. The normalized spacial score (nSPS) is 27.6. The van der Waals surface area contributed by atoms with E-state index in [0.717, 1.165) is 64.7 Å². The van der Waals surface area contributed by atoms with E-state index < -0.39 is 5.97 Å². The van der Waals surface area contributed by atoms with Crippen LogP contribution in [0.3, 0.4) is 0 Å². The highest BCUT2D eigenvalue weighted by atomic mass is 16.4. The third kappa shape index (κ3) is 3.96. The maximum Gasteiger partial charge on any atom is 0.303 e. The molecular formula is C16H28N2O3. The van der Waals surface area contributed by atoms with Crippen LogP contribution in [-0.2, 0) is 9.59 Å². The Balaban J connectivity index is 1.86. The molecule has 2 saturated heterocycles. The monoisotopic (exact) mass is 296 g/mol. The molecule has 2 aliphatic heterocycles. The number of carboxylic acids is 1. The molecule has 120 valence electrons. The van der Waals surface area contributed by atoms with Crippen molar-refractivity contribution in [1.29, 1.82) is 0 Å². The van der Waals surface area contributed by atoms with Gasteiger partial charge >= 0.3 is 5.97 Å². The van der Waals surface area contributed by atoms with Crippen LogP contribution in [-0.4, -0.2) is 48.1 Å². The molecule has 0 aliphatic carbocycles. The van der Waals surface area contributed by atoms with Crippen molar-refractivity contribution >= 4 is 11.9 Å². The second-order valence-electron chi connectivity index (χ2n) is 6.58. The number of amides is 1. The fraction of sp³-hybridized carbons (Fsp3) is 0.875. The van der Waals surface area contributed by atoms with Gasteiger partial charge in [-0.05, 0) is 51.0 Å². The summed E-state index contributed by atoms with van der Waals surface area (Å²) in [5, 5.41) is 12.1. The Hall–Kier alpha value is -1.10. The minimum Gasteiger partial charge on any atom is -0.481 e. The molecule has 0 radical (unpaired) electrons. The van der Waals surface area contributed by atoms with E-state index in [9.17, 15) is 9.59 Å². The van der Waals surface area contributed by atoms with Crippen molar-refractivity contribution in [3.8, 4) is 0 Å². The maximum atomic E-state index is 12.9. The smallest absolute Gasteiger partial charge is 0.303 e. The third-order valence-electron chi connectivity index (χ3n) is 5.27. The summed E-state index contributed by atoms with van der Waals surface area (Å²) in [7, 11) is 0. The summed E-state index contributed by atoms with van der Waals surface area (Å²) >= 11 is 0. The molecule has 1 atom stereocenters. The van der Waals surface area contributed by atoms with Crippen LogP contribution in [0.2, 0.25) is 0 Å². The zero-order valence-corrected chi connectivity index (χ0v) is 13.1. The largest absolute Gasteiger partial charge is 0.481 e. The van der Waals surface area contributed by atoms with Crippen LogP contribution >= 0.6 is 0 Å². The highest BCUT2D eigenvalue weighted by Gasteiger charge is 2.41. The summed E-state index contributed by atoms with van der Waals surface area (Å²) in [6.45, 7) is 5.54. The molecule has 2 fully saturated rings. The topological polar surface area (TPSA) is 69.6 Å². The van der Waals surface area contributed by atoms with Gasteiger partial charge in [-0.3, -0.25) is 9.59 Å². The first-order valence-electron chi connectivity index (χ1n) is 8.29. The van der Waals surface area contributed by atoms with Crippen molar-refractivity contribution in [3.05, 3.63) is 0 Å². The summed E-state index contributed by atoms with van der Waals surface area (Å²) in [5.41, 5.74) is -0.202. The number of nitrogens with zero attached hydrogens (tertiary/aromatic N) is 1. The number of carbonyl (C=O) groups excluding carboxylic acids is 1. The highest BCUT2D eigenvalue weighted by molar-refractivity contribution is 5.83. The van der Waals surface area contributed by atoms with Gasteiger partial charge in [-0.1, -0.05) is 6.92 Å². The Bertz CT molecular complexity index is 370. The number of carbonyl (C=O) groups is 2. The van der Waals surface area contributed by atoms with Gasteiger partial charge in [-0.2, -0.15) is 0 Å². The lowest BCUT2D eigenvalue weighted by Gasteiger charge is -2.42. The zero-order valence-electron chi connectivity index (χ0n) is 13.1. The SMILES string of the molecule is CCC1(C(=O)N2CCC(CCC(=O)O)CC2)CCCNC1. The third-order valence-corrected chi connectivity index (χ3v) is 5.27. The Morgan fingerprint density at radius 1 is 1.33 bits per heavy atom. The van der Waals surface area contributed by atoms with E-state index in [1.165, 1.54) is 0 Å². The predicted molar refractivity (Wildman–Crippen MR) is 81.0 cm³/mol. The van der Waals surface area contributed by atoms with Crippen molar-refractivity contribution in [2.24, 2.45) is 11.3 Å². The Labute approximate surface area is 127 Å². The number of carboxylic acid groups (broad SMARTS) is 1. The highest BCUT2D eigenvalue weighted by Crippen LogP contribution is 2.34. The molecule has 0 aromatic carbocycles.